The molecule has 0 spiro atoms. The molecule has 1 atom stereocenters. The van der Waals surface area contributed by atoms with Gasteiger partial charge in [0.15, 0.2) is 6.10 Å². The highest BCUT2D eigenvalue weighted by Gasteiger charge is 2.20. The summed E-state index contributed by atoms with van der Waals surface area (Å²) in [5.41, 5.74) is 3.94. The van der Waals surface area contributed by atoms with Crippen LogP contribution >= 0.6 is 0 Å². The van der Waals surface area contributed by atoms with E-state index in [2.05, 4.69) is 5.32 Å². The fraction of sp³-hybridized carbons (Fsp3) is 0.263. The van der Waals surface area contributed by atoms with Crippen LogP contribution in [-0.4, -0.2) is 23.1 Å². The van der Waals surface area contributed by atoms with Crippen molar-refractivity contribution in [3.05, 3.63) is 58.7 Å². The largest absolute Gasteiger partial charge is 0.508 e. The molecule has 1 amide bonds. The van der Waals surface area contributed by atoms with Crippen molar-refractivity contribution in [3.8, 4) is 5.75 Å². The van der Waals surface area contributed by atoms with Crippen LogP contribution in [0.1, 0.15) is 34.0 Å². The molecule has 126 valence electrons. The van der Waals surface area contributed by atoms with Gasteiger partial charge in [-0.3, -0.25) is 4.79 Å². The van der Waals surface area contributed by atoms with Gasteiger partial charge in [0, 0.05) is 5.69 Å². The van der Waals surface area contributed by atoms with Crippen LogP contribution in [-0.2, 0) is 9.53 Å². The number of phenols is 1. The summed E-state index contributed by atoms with van der Waals surface area (Å²) in [5, 5.41) is 12.2. The van der Waals surface area contributed by atoms with Crippen LogP contribution in [0, 0.1) is 20.8 Å². The molecule has 0 aliphatic carbocycles. The number of carbonyl (C=O) groups excluding carboxylic acids is 2. The number of nitrogens with one attached hydrogen (secondary N) is 1. The lowest BCUT2D eigenvalue weighted by Crippen LogP contribution is -2.30. The highest BCUT2D eigenvalue weighted by molar-refractivity contribution is 5.98. The summed E-state index contributed by atoms with van der Waals surface area (Å²) in [6.07, 6.45) is -0.958. The van der Waals surface area contributed by atoms with Gasteiger partial charge in [0.25, 0.3) is 5.91 Å². The number of phenolic OH excluding ortho intramolecular Hbond substituents is 1. The van der Waals surface area contributed by atoms with Crippen molar-refractivity contribution in [1.82, 2.24) is 0 Å². The van der Waals surface area contributed by atoms with E-state index in [0.29, 0.717) is 0 Å². The fourth-order valence-electron chi connectivity index (χ4n) is 2.52. The first-order valence-electron chi connectivity index (χ1n) is 7.66. The first kappa shape index (κ1) is 17.5. The zero-order valence-electron chi connectivity index (χ0n) is 14.2. The predicted octanol–water partition coefficient (Wildman–Crippen LogP) is 3.50. The number of esters is 1. The van der Waals surface area contributed by atoms with Gasteiger partial charge in [-0.2, -0.15) is 0 Å². The van der Waals surface area contributed by atoms with Gasteiger partial charge >= 0.3 is 5.97 Å². The van der Waals surface area contributed by atoms with E-state index in [-0.39, 0.29) is 11.3 Å². The summed E-state index contributed by atoms with van der Waals surface area (Å²) < 4.78 is 5.17. The van der Waals surface area contributed by atoms with E-state index in [1.54, 1.807) is 0 Å². The molecular weight excluding hydrogens is 306 g/mol. The van der Waals surface area contributed by atoms with E-state index < -0.39 is 18.0 Å². The molecule has 5 heteroatoms. The molecule has 2 N–H and O–H groups in total. The molecule has 0 radical (unpaired) electrons. The molecule has 2 aromatic rings. The van der Waals surface area contributed by atoms with Gasteiger partial charge in [0.2, 0.25) is 0 Å². The third-order valence-corrected chi connectivity index (χ3v) is 3.66. The summed E-state index contributed by atoms with van der Waals surface area (Å²) >= 11 is 0. The van der Waals surface area contributed by atoms with Crippen molar-refractivity contribution < 1.29 is 19.4 Å². The zero-order valence-corrected chi connectivity index (χ0v) is 14.2. The van der Waals surface area contributed by atoms with E-state index in [0.717, 1.165) is 22.4 Å². The van der Waals surface area contributed by atoms with Crippen LogP contribution in [0.2, 0.25) is 0 Å². The third kappa shape index (κ3) is 4.13. The number of hydrogen-bond acceptors (Lipinski definition) is 4. The van der Waals surface area contributed by atoms with Gasteiger partial charge in [-0.05, 0) is 57.0 Å². The Morgan fingerprint density at radius 3 is 2.29 bits per heavy atom. The molecule has 1 unspecified atom stereocenters. The Labute approximate surface area is 141 Å². The minimum absolute atomic E-state index is 0.0348. The second-order valence-corrected chi connectivity index (χ2v) is 5.86. The molecule has 0 saturated heterocycles. The molecule has 0 fully saturated rings. The highest BCUT2D eigenvalue weighted by Crippen LogP contribution is 2.22. The number of rotatable bonds is 4. The van der Waals surface area contributed by atoms with Crippen LogP contribution in [0.15, 0.2) is 36.4 Å². The van der Waals surface area contributed by atoms with Crippen molar-refractivity contribution in [1.29, 1.82) is 0 Å². The number of hydrogen-bond donors (Lipinski definition) is 2. The second-order valence-electron chi connectivity index (χ2n) is 5.86. The number of anilines is 1. The van der Waals surface area contributed by atoms with E-state index in [1.165, 1.54) is 31.2 Å². The summed E-state index contributed by atoms with van der Waals surface area (Å²) in [7, 11) is 0. The van der Waals surface area contributed by atoms with Gasteiger partial charge in [-0.1, -0.05) is 23.8 Å². The van der Waals surface area contributed by atoms with Crippen molar-refractivity contribution in [3.63, 3.8) is 0 Å². The molecule has 0 aliphatic rings. The summed E-state index contributed by atoms with van der Waals surface area (Å²) in [4.78, 5) is 24.3. The number of aryl methyl sites for hydroxylation is 3. The second kappa shape index (κ2) is 7.17. The number of ether oxygens (including phenoxy) is 1. The van der Waals surface area contributed by atoms with E-state index in [9.17, 15) is 14.7 Å². The molecule has 0 heterocycles. The van der Waals surface area contributed by atoms with Crippen molar-refractivity contribution in [2.24, 2.45) is 0 Å². The minimum Gasteiger partial charge on any atom is -0.508 e. The summed E-state index contributed by atoms with van der Waals surface area (Å²) in [6.45, 7) is 7.33. The fourth-order valence-corrected chi connectivity index (χ4v) is 2.52. The lowest BCUT2D eigenvalue weighted by atomic mass is 10.0. The van der Waals surface area contributed by atoms with E-state index in [1.807, 2.05) is 32.9 Å². The summed E-state index contributed by atoms with van der Waals surface area (Å²) in [6, 6.07) is 9.76. The van der Waals surface area contributed by atoms with Crippen molar-refractivity contribution in [2.75, 3.05) is 5.32 Å². The Balaban J connectivity index is 2.06. The third-order valence-electron chi connectivity index (χ3n) is 3.66. The first-order valence-corrected chi connectivity index (χ1v) is 7.66. The van der Waals surface area contributed by atoms with Crippen molar-refractivity contribution in [2.45, 2.75) is 33.8 Å². The smallest absolute Gasteiger partial charge is 0.339 e. The van der Waals surface area contributed by atoms with Crippen LogP contribution < -0.4 is 5.32 Å². The van der Waals surface area contributed by atoms with Gasteiger partial charge < -0.3 is 15.2 Å². The average Bonchev–Trinajstić information content (AvgIpc) is 2.50. The van der Waals surface area contributed by atoms with Crippen LogP contribution in [0.4, 0.5) is 5.69 Å². The SMILES string of the molecule is Cc1cc(C)c(NC(=O)C(C)OC(=O)c2cccc(O)c2)c(C)c1. The lowest BCUT2D eigenvalue weighted by Gasteiger charge is -2.17. The maximum atomic E-state index is 12.3. The van der Waals surface area contributed by atoms with Gasteiger partial charge in [-0.25, -0.2) is 4.79 Å². The monoisotopic (exact) mass is 327 g/mol. The standard InChI is InChI=1S/C19H21NO4/c1-11-8-12(2)17(13(3)9-11)20-18(22)14(4)24-19(23)15-6-5-7-16(21)10-15/h5-10,14,21H,1-4H3,(H,20,22). The molecule has 0 bridgehead atoms. The molecule has 2 aromatic carbocycles. The Morgan fingerprint density at radius 1 is 1.08 bits per heavy atom. The Morgan fingerprint density at radius 2 is 1.71 bits per heavy atom. The first-order chi connectivity index (χ1) is 11.3. The van der Waals surface area contributed by atoms with Gasteiger partial charge in [0.1, 0.15) is 5.75 Å². The Bertz CT molecular complexity index is 760. The molecule has 0 aliphatic heterocycles. The highest BCUT2D eigenvalue weighted by atomic mass is 16.5. The maximum absolute atomic E-state index is 12.3. The average molecular weight is 327 g/mol. The number of amides is 1. The van der Waals surface area contributed by atoms with Crippen molar-refractivity contribution >= 4 is 17.6 Å². The number of aromatic hydroxyl groups is 1. The topological polar surface area (TPSA) is 75.6 Å². The number of benzene rings is 2. The van der Waals surface area contributed by atoms with Gasteiger partial charge in [-0.15, -0.1) is 0 Å². The van der Waals surface area contributed by atoms with Crippen LogP contribution in [0.5, 0.6) is 5.75 Å². The molecule has 5 nitrogen and oxygen atoms in total. The van der Waals surface area contributed by atoms with E-state index in [4.69, 9.17) is 4.74 Å². The predicted molar refractivity (Wildman–Crippen MR) is 92.3 cm³/mol. The molecular formula is C19H21NO4. The van der Waals surface area contributed by atoms with Crippen LogP contribution in [0.25, 0.3) is 0 Å². The summed E-state index contributed by atoms with van der Waals surface area (Å²) in [5.74, 6) is -1.10. The van der Waals surface area contributed by atoms with Crippen LogP contribution in [0.3, 0.4) is 0 Å². The lowest BCUT2D eigenvalue weighted by molar-refractivity contribution is -0.123. The normalized spacial score (nSPS) is 11.7. The van der Waals surface area contributed by atoms with E-state index >= 15 is 0 Å². The molecule has 0 saturated carbocycles. The van der Waals surface area contributed by atoms with Gasteiger partial charge in [0.05, 0.1) is 5.56 Å². The Kier molecular flexibility index (Phi) is 5.24. The number of carbonyl (C=O) groups is 2. The molecule has 2 rings (SSSR count). The molecule has 24 heavy (non-hydrogen) atoms. The zero-order chi connectivity index (χ0) is 17.9. The minimum atomic E-state index is -0.958. The maximum Gasteiger partial charge on any atom is 0.339 e. The quantitative estimate of drug-likeness (QED) is 0.843. The Hall–Kier alpha value is -2.82. The molecule has 0 aromatic heterocycles.